The molecule has 1 aliphatic heterocycles. The Morgan fingerprint density at radius 1 is 1.35 bits per heavy atom. The lowest BCUT2D eigenvalue weighted by atomic mass is 9.94. The van der Waals surface area contributed by atoms with E-state index in [1.807, 2.05) is 31.2 Å². The van der Waals surface area contributed by atoms with E-state index in [1.54, 1.807) is 6.26 Å². The van der Waals surface area contributed by atoms with Gasteiger partial charge in [0, 0.05) is 34.3 Å². The van der Waals surface area contributed by atoms with Crippen LogP contribution in [0.5, 0.6) is 0 Å². The number of carbonyl (C=O) groups excluding carboxylic acids is 1. The predicted octanol–water partition coefficient (Wildman–Crippen LogP) is 1.28. The highest BCUT2D eigenvalue weighted by molar-refractivity contribution is 7.84. The molecule has 0 spiro atoms. The van der Waals surface area contributed by atoms with Crippen molar-refractivity contribution >= 4 is 22.4 Å². The number of rotatable bonds is 2. The Hall–Kier alpha value is -1.49. The molecule has 0 saturated carbocycles. The number of hydrogen-bond donors (Lipinski definition) is 1. The van der Waals surface area contributed by atoms with Gasteiger partial charge in [-0.2, -0.15) is 5.10 Å². The molecule has 0 bridgehead atoms. The van der Waals surface area contributed by atoms with Crippen LogP contribution in [0.2, 0.25) is 0 Å². The molecule has 0 fully saturated rings. The van der Waals surface area contributed by atoms with Crippen LogP contribution >= 0.6 is 0 Å². The van der Waals surface area contributed by atoms with E-state index < -0.39 is 10.8 Å². The third-order valence-electron chi connectivity index (χ3n) is 2.74. The Kier molecular flexibility index (Phi) is 3.38. The van der Waals surface area contributed by atoms with Gasteiger partial charge < -0.3 is 0 Å². The fraction of sp³-hybridized carbons (Fsp3) is 0.333. The first kappa shape index (κ1) is 12.0. The molecule has 1 aliphatic rings. The second-order valence-corrected chi connectivity index (χ2v) is 5.50. The molecular formula is C12H14N2O2S. The Morgan fingerprint density at radius 3 is 2.53 bits per heavy atom. The molecule has 1 aromatic carbocycles. The molecule has 5 heteroatoms. The SMILES string of the molecule is CC1CC(=O)NN=C1c1ccc(S(C)=O)cc1. The molecule has 0 aromatic heterocycles. The quantitative estimate of drug-likeness (QED) is 0.859. The van der Waals surface area contributed by atoms with Crippen molar-refractivity contribution in [1.82, 2.24) is 5.43 Å². The van der Waals surface area contributed by atoms with Crippen LogP contribution < -0.4 is 5.43 Å². The number of hydrazone groups is 1. The first-order valence-corrected chi connectivity index (χ1v) is 6.94. The van der Waals surface area contributed by atoms with Gasteiger partial charge in [-0.1, -0.05) is 19.1 Å². The van der Waals surface area contributed by atoms with Crippen molar-refractivity contribution in [3.63, 3.8) is 0 Å². The summed E-state index contributed by atoms with van der Waals surface area (Å²) in [6, 6.07) is 7.45. The zero-order valence-electron chi connectivity index (χ0n) is 9.77. The smallest absolute Gasteiger partial charge is 0.240 e. The maximum atomic E-state index is 11.3. The summed E-state index contributed by atoms with van der Waals surface area (Å²) in [5, 5.41) is 4.08. The third kappa shape index (κ3) is 2.61. The number of nitrogens with zero attached hydrogens (tertiary/aromatic N) is 1. The van der Waals surface area contributed by atoms with Gasteiger partial charge in [-0.3, -0.25) is 9.00 Å². The van der Waals surface area contributed by atoms with Gasteiger partial charge >= 0.3 is 0 Å². The summed E-state index contributed by atoms with van der Waals surface area (Å²) in [5.41, 5.74) is 4.33. The van der Waals surface area contributed by atoms with Crippen LogP contribution in [0.3, 0.4) is 0 Å². The van der Waals surface area contributed by atoms with Gasteiger partial charge in [0.2, 0.25) is 5.91 Å². The fourth-order valence-corrected chi connectivity index (χ4v) is 2.34. The highest BCUT2D eigenvalue weighted by atomic mass is 32.2. The zero-order chi connectivity index (χ0) is 12.4. The van der Waals surface area contributed by atoms with E-state index in [2.05, 4.69) is 10.5 Å². The number of hydrogen-bond acceptors (Lipinski definition) is 3. The van der Waals surface area contributed by atoms with Crippen LogP contribution in [0, 0.1) is 5.92 Å². The highest BCUT2D eigenvalue weighted by Gasteiger charge is 2.21. The normalized spacial score (nSPS) is 21.6. The maximum Gasteiger partial charge on any atom is 0.240 e. The molecule has 17 heavy (non-hydrogen) atoms. The second-order valence-electron chi connectivity index (χ2n) is 4.12. The van der Waals surface area contributed by atoms with Crippen LogP contribution in [0.4, 0.5) is 0 Å². The molecule has 4 nitrogen and oxygen atoms in total. The minimum absolute atomic E-state index is 0.0486. The van der Waals surface area contributed by atoms with Gasteiger partial charge in [0.05, 0.1) is 5.71 Å². The first-order chi connectivity index (χ1) is 8.08. The van der Waals surface area contributed by atoms with E-state index in [-0.39, 0.29) is 11.8 Å². The Bertz CT molecular complexity index is 494. The minimum atomic E-state index is -0.966. The van der Waals surface area contributed by atoms with Crippen LogP contribution in [-0.4, -0.2) is 22.1 Å². The summed E-state index contributed by atoms with van der Waals surface area (Å²) in [4.78, 5) is 11.9. The van der Waals surface area contributed by atoms with Gasteiger partial charge in [0.15, 0.2) is 0 Å². The molecule has 2 rings (SSSR count). The number of amides is 1. The highest BCUT2D eigenvalue weighted by Crippen LogP contribution is 2.17. The van der Waals surface area contributed by atoms with E-state index in [0.717, 1.165) is 16.2 Å². The lowest BCUT2D eigenvalue weighted by Gasteiger charge is -2.19. The van der Waals surface area contributed by atoms with Crippen molar-refractivity contribution in [2.24, 2.45) is 11.0 Å². The van der Waals surface area contributed by atoms with Crippen LogP contribution in [0.1, 0.15) is 18.9 Å². The Morgan fingerprint density at radius 2 is 2.00 bits per heavy atom. The minimum Gasteiger partial charge on any atom is -0.273 e. The molecule has 0 saturated heterocycles. The van der Waals surface area contributed by atoms with E-state index in [9.17, 15) is 9.00 Å². The Labute approximate surface area is 103 Å². The van der Waals surface area contributed by atoms with Crippen molar-refractivity contribution in [2.45, 2.75) is 18.2 Å². The Balaban J connectivity index is 2.28. The molecule has 0 radical (unpaired) electrons. The molecule has 1 heterocycles. The first-order valence-electron chi connectivity index (χ1n) is 5.38. The average Bonchev–Trinajstić information content (AvgIpc) is 2.29. The molecular weight excluding hydrogens is 236 g/mol. The third-order valence-corrected chi connectivity index (χ3v) is 3.68. The lowest BCUT2D eigenvalue weighted by molar-refractivity contribution is -0.121. The maximum absolute atomic E-state index is 11.3. The van der Waals surface area contributed by atoms with Crippen molar-refractivity contribution in [1.29, 1.82) is 0 Å². The largest absolute Gasteiger partial charge is 0.273 e. The standard InChI is InChI=1S/C12H14N2O2S/c1-8-7-11(15)13-14-12(8)9-3-5-10(6-4-9)17(2)16/h3-6,8H,7H2,1-2H3,(H,13,15). The summed E-state index contributed by atoms with van der Waals surface area (Å²) < 4.78 is 11.3. The van der Waals surface area contributed by atoms with Gasteiger partial charge in [0.1, 0.15) is 0 Å². The fourth-order valence-electron chi connectivity index (χ4n) is 1.82. The summed E-state index contributed by atoms with van der Waals surface area (Å²) in [7, 11) is -0.966. The van der Waals surface area contributed by atoms with Crippen LogP contribution in [0.25, 0.3) is 0 Å². The molecule has 90 valence electrons. The molecule has 2 unspecified atom stereocenters. The molecule has 1 amide bonds. The summed E-state index contributed by atoms with van der Waals surface area (Å²) in [5.74, 6) is 0.0641. The van der Waals surface area contributed by atoms with Gasteiger partial charge in [-0.25, -0.2) is 5.43 Å². The van der Waals surface area contributed by atoms with Gasteiger partial charge in [-0.05, 0) is 17.7 Å². The number of nitrogens with one attached hydrogen (secondary N) is 1. The van der Waals surface area contributed by atoms with Crippen molar-refractivity contribution in [3.8, 4) is 0 Å². The van der Waals surface area contributed by atoms with Crippen LogP contribution in [-0.2, 0) is 15.6 Å². The van der Waals surface area contributed by atoms with E-state index in [4.69, 9.17) is 0 Å². The monoisotopic (exact) mass is 250 g/mol. The predicted molar refractivity (Wildman–Crippen MR) is 67.2 cm³/mol. The van der Waals surface area contributed by atoms with Gasteiger partial charge in [0.25, 0.3) is 0 Å². The number of carbonyl (C=O) groups is 1. The summed E-state index contributed by atoms with van der Waals surface area (Å²) in [6.07, 6.45) is 2.11. The van der Waals surface area contributed by atoms with Crippen molar-refractivity contribution < 1.29 is 9.00 Å². The zero-order valence-corrected chi connectivity index (χ0v) is 10.6. The topological polar surface area (TPSA) is 58.5 Å². The van der Waals surface area contributed by atoms with E-state index >= 15 is 0 Å². The molecule has 2 atom stereocenters. The van der Waals surface area contributed by atoms with E-state index in [0.29, 0.717) is 6.42 Å². The lowest BCUT2D eigenvalue weighted by Crippen LogP contribution is -2.31. The summed E-state index contributed by atoms with van der Waals surface area (Å²) >= 11 is 0. The second kappa shape index (κ2) is 4.79. The molecule has 1 aromatic rings. The van der Waals surface area contributed by atoms with E-state index in [1.165, 1.54) is 0 Å². The van der Waals surface area contributed by atoms with Crippen molar-refractivity contribution in [2.75, 3.05) is 6.26 Å². The molecule has 0 aliphatic carbocycles. The molecule has 1 N–H and O–H groups in total. The van der Waals surface area contributed by atoms with Gasteiger partial charge in [-0.15, -0.1) is 0 Å². The average molecular weight is 250 g/mol. The number of benzene rings is 1. The van der Waals surface area contributed by atoms with Crippen molar-refractivity contribution in [3.05, 3.63) is 29.8 Å². The van der Waals surface area contributed by atoms with Crippen LogP contribution in [0.15, 0.2) is 34.3 Å². The summed E-state index contributed by atoms with van der Waals surface area (Å²) in [6.45, 7) is 1.98.